The van der Waals surface area contributed by atoms with E-state index in [1.54, 1.807) is 56.3 Å². The maximum absolute atomic E-state index is 12.5. The SMILES string of the molecule is CCN(CC)S(=O)(=O)c1ccc(/C=C/C(=O)Nc2ccc(C)c(Cl)c2)cc1. The third kappa shape index (κ3) is 5.42. The zero-order valence-corrected chi connectivity index (χ0v) is 17.1. The summed E-state index contributed by atoms with van der Waals surface area (Å²) in [4.78, 5) is 12.3. The van der Waals surface area contributed by atoms with E-state index < -0.39 is 10.0 Å². The van der Waals surface area contributed by atoms with Crippen molar-refractivity contribution < 1.29 is 13.2 Å². The molecule has 2 aromatic rings. The number of hydrogen-bond donors (Lipinski definition) is 1. The number of amides is 1. The predicted octanol–water partition coefficient (Wildman–Crippen LogP) is 4.33. The lowest BCUT2D eigenvalue weighted by molar-refractivity contribution is -0.111. The summed E-state index contributed by atoms with van der Waals surface area (Å²) in [5.41, 5.74) is 2.27. The molecule has 1 amide bonds. The molecule has 5 nitrogen and oxygen atoms in total. The smallest absolute Gasteiger partial charge is 0.248 e. The van der Waals surface area contributed by atoms with E-state index in [1.165, 1.54) is 10.4 Å². The minimum absolute atomic E-state index is 0.238. The van der Waals surface area contributed by atoms with Gasteiger partial charge in [0.05, 0.1) is 4.90 Å². The summed E-state index contributed by atoms with van der Waals surface area (Å²) in [6.07, 6.45) is 3.01. The lowest BCUT2D eigenvalue weighted by atomic mass is 10.2. The molecule has 0 aliphatic carbocycles. The second-order valence-electron chi connectivity index (χ2n) is 5.94. The Kier molecular flexibility index (Phi) is 7.18. The van der Waals surface area contributed by atoms with Crippen LogP contribution in [0.2, 0.25) is 5.02 Å². The topological polar surface area (TPSA) is 66.5 Å². The van der Waals surface area contributed by atoms with Gasteiger partial charge < -0.3 is 5.32 Å². The zero-order valence-electron chi connectivity index (χ0n) is 15.6. The molecule has 27 heavy (non-hydrogen) atoms. The molecular formula is C20H23ClN2O3S. The Morgan fingerprint density at radius 3 is 2.30 bits per heavy atom. The monoisotopic (exact) mass is 406 g/mol. The number of aryl methyl sites for hydroxylation is 1. The van der Waals surface area contributed by atoms with Gasteiger partial charge in [-0.3, -0.25) is 4.79 Å². The normalized spacial score (nSPS) is 11.9. The number of halogens is 1. The van der Waals surface area contributed by atoms with Gasteiger partial charge in [-0.15, -0.1) is 0 Å². The molecule has 0 fully saturated rings. The number of sulfonamides is 1. The number of rotatable bonds is 7. The van der Waals surface area contributed by atoms with Crippen molar-refractivity contribution >= 4 is 39.3 Å². The third-order valence-electron chi connectivity index (χ3n) is 4.09. The number of nitrogens with zero attached hydrogens (tertiary/aromatic N) is 1. The van der Waals surface area contributed by atoms with Crippen molar-refractivity contribution in [3.05, 3.63) is 64.7 Å². The van der Waals surface area contributed by atoms with Crippen LogP contribution < -0.4 is 5.32 Å². The quantitative estimate of drug-likeness (QED) is 0.696. The second-order valence-corrected chi connectivity index (χ2v) is 8.29. The molecular weight excluding hydrogens is 384 g/mol. The highest BCUT2D eigenvalue weighted by molar-refractivity contribution is 7.89. The Labute approximate surface area is 165 Å². The highest BCUT2D eigenvalue weighted by Gasteiger charge is 2.20. The van der Waals surface area contributed by atoms with Crippen molar-refractivity contribution in [3.8, 4) is 0 Å². The number of carbonyl (C=O) groups is 1. The Morgan fingerprint density at radius 2 is 1.74 bits per heavy atom. The molecule has 144 valence electrons. The van der Waals surface area contributed by atoms with E-state index in [-0.39, 0.29) is 10.8 Å². The average Bonchev–Trinajstić information content (AvgIpc) is 2.64. The summed E-state index contributed by atoms with van der Waals surface area (Å²) in [6.45, 7) is 6.33. The van der Waals surface area contributed by atoms with E-state index in [1.807, 2.05) is 13.0 Å². The van der Waals surface area contributed by atoms with E-state index >= 15 is 0 Å². The van der Waals surface area contributed by atoms with Crippen LogP contribution in [0.4, 0.5) is 5.69 Å². The van der Waals surface area contributed by atoms with Gasteiger partial charge in [0.1, 0.15) is 0 Å². The molecule has 2 rings (SSSR count). The van der Waals surface area contributed by atoms with Gasteiger partial charge in [0.2, 0.25) is 15.9 Å². The van der Waals surface area contributed by atoms with Crippen LogP contribution in [0.3, 0.4) is 0 Å². The Balaban J connectivity index is 2.07. The summed E-state index contributed by atoms with van der Waals surface area (Å²) in [5.74, 6) is -0.297. The minimum atomic E-state index is -3.48. The first-order valence-electron chi connectivity index (χ1n) is 8.63. The molecule has 0 aromatic heterocycles. The van der Waals surface area contributed by atoms with Crippen LogP contribution in [0, 0.1) is 6.92 Å². The number of hydrogen-bond acceptors (Lipinski definition) is 3. The highest BCUT2D eigenvalue weighted by atomic mass is 35.5. The molecule has 0 radical (unpaired) electrons. The number of benzene rings is 2. The standard InChI is InChI=1S/C20H23ClN2O3S/c1-4-23(5-2)27(25,26)18-11-7-16(8-12-18)9-13-20(24)22-17-10-6-15(3)19(21)14-17/h6-14H,4-5H2,1-3H3,(H,22,24)/b13-9+. The van der Waals surface area contributed by atoms with Gasteiger partial charge in [-0.1, -0.05) is 43.6 Å². The highest BCUT2D eigenvalue weighted by Crippen LogP contribution is 2.20. The fourth-order valence-electron chi connectivity index (χ4n) is 2.49. The first kappa shape index (κ1) is 21.2. The van der Waals surface area contributed by atoms with E-state index in [2.05, 4.69) is 5.32 Å². The van der Waals surface area contributed by atoms with E-state index in [9.17, 15) is 13.2 Å². The lowest BCUT2D eigenvalue weighted by Gasteiger charge is -2.18. The van der Waals surface area contributed by atoms with Gasteiger partial charge in [-0.2, -0.15) is 4.31 Å². The van der Waals surface area contributed by atoms with E-state index in [0.29, 0.717) is 23.8 Å². The van der Waals surface area contributed by atoms with Gasteiger partial charge in [0.25, 0.3) is 0 Å². The maximum Gasteiger partial charge on any atom is 0.248 e. The van der Waals surface area contributed by atoms with Gasteiger partial charge in [0, 0.05) is 29.9 Å². The molecule has 0 aliphatic heterocycles. The van der Waals surface area contributed by atoms with Crippen molar-refractivity contribution in [1.82, 2.24) is 4.31 Å². The van der Waals surface area contributed by atoms with Crippen LogP contribution in [0.15, 0.2) is 53.4 Å². The lowest BCUT2D eigenvalue weighted by Crippen LogP contribution is -2.30. The Morgan fingerprint density at radius 1 is 1.11 bits per heavy atom. The van der Waals surface area contributed by atoms with E-state index in [0.717, 1.165) is 11.1 Å². The van der Waals surface area contributed by atoms with Gasteiger partial charge in [-0.05, 0) is 48.4 Å². The van der Waals surface area contributed by atoms with E-state index in [4.69, 9.17) is 11.6 Å². The van der Waals surface area contributed by atoms with Gasteiger partial charge in [0.15, 0.2) is 0 Å². The number of nitrogens with one attached hydrogen (secondary N) is 1. The van der Waals surface area contributed by atoms with Crippen molar-refractivity contribution in [1.29, 1.82) is 0 Å². The molecule has 0 aliphatic rings. The number of anilines is 1. The van der Waals surface area contributed by atoms with Crippen LogP contribution in [-0.4, -0.2) is 31.7 Å². The molecule has 0 atom stereocenters. The molecule has 0 saturated carbocycles. The van der Waals surface area contributed by atoms with Crippen LogP contribution in [0.25, 0.3) is 6.08 Å². The third-order valence-corrected chi connectivity index (χ3v) is 6.56. The molecule has 0 bridgehead atoms. The van der Waals surface area contributed by atoms with Crippen LogP contribution in [-0.2, 0) is 14.8 Å². The van der Waals surface area contributed by atoms with Crippen molar-refractivity contribution in [2.45, 2.75) is 25.7 Å². The van der Waals surface area contributed by atoms with Crippen molar-refractivity contribution in [2.75, 3.05) is 18.4 Å². The fraction of sp³-hybridized carbons (Fsp3) is 0.250. The summed E-state index contributed by atoms with van der Waals surface area (Å²) < 4.78 is 26.3. The van der Waals surface area contributed by atoms with Gasteiger partial charge in [-0.25, -0.2) is 8.42 Å². The maximum atomic E-state index is 12.5. The second kappa shape index (κ2) is 9.17. The van der Waals surface area contributed by atoms with Crippen molar-refractivity contribution in [3.63, 3.8) is 0 Å². The molecule has 0 spiro atoms. The molecule has 0 unspecified atom stereocenters. The van der Waals surface area contributed by atoms with Crippen LogP contribution in [0.5, 0.6) is 0 Å². The Hall–Kier alpha value is -2.15. The summed E-state index contributed by atoms with van der Waals surface area (Å²) in [5, 5.41) is 3.32. The van der Waals surface area contributed by atoms with Crippen molar-refractivity contribution in [2.24, 2.45) is 0 Å². The molecule has 0 saturated heterocycles. The average molecular weight is 407 g/mol. The fourth-order valence-corrected chi connectivity index (χ4v) is 4.13. The molecule has 2 aromatic carbocycles. The largest absolute Gasteiger partial charge is 0.322 e. The van der Waals surface area contributed by atoms with Crippen LogP contribution in [0.1, 0.15) is 25.0 Å². The Bertz CT molecular complexity index is 934. The number of carbonyl (C=O) groups excluding carboxylic acids is 1. The summed E-state index contributed by atoms with van der Waals surface area (Å²) in [6, 6.07) is 11.7. The first-order chi connectivity index (χ1) is 12.8. The van der Waals surface area contributed by atoms with Gasteiger partial charge >= 0.3 is 0 Å². The first-order valence-corrected chi connectivity index (χ1v) is 10.4. The molecule has 1 N–H and O–H groups in total. The molecule has 7 heteroatoms. The zero-order chi connectivity index (χ0) is 20.0. The van der Waals surface area contributed by atoms with Crippen LogP contribution >= 0.6 is 11.6 Å². The summed E-state index contributed by atoms with van der Waals surface area (Å²) in [7, 11) is -3.48. The predicted molar refractivity (Wildman–Crippen MR) is 110 cm³/mol. The summed E-state index contributed by atoms with van der Waals surface area (Å²) >= 11 is 6.04. The minimum Gasteiger partial charge on any atom is -0.322 e. The molecule has 0 heterocycles.